The van der Waals surface area contributed by atoms with Gasteiger partial charge in [0.05, 0.1) is 34.1 Å². The third-order valence-electron chi connectivity index (χ3n) is 13.5. The summed E-state index contributed by atoms with van der Waals surface area (Å²) in [5.74, 6) is -6.54. The molecule has 4 aromatic rings. The maximum Gasteiger partial charge on any atom is 0.309 e. The molecule has 0 radical (unpaired) electrons. The van der Waals surface area contributed by atoms with Crippen molar-refractivity contribution in [3.8, 4) is 23.0 Å². The van der Waals surface area contributed by atoms with Gasteiger partial charge in [-0.05, 0) is 89.2 Å². The summed E-state index contributed by atoms with van der Waals surface area (Å²) in [6.45, 7) is 0. The van der Waals surface area contributed by atoms with Crippen LogP contribution >= 0.6 is 12.4 Å². The zero-order valence-electron chi connectivity index (χ0n) is 35.8. The van der Waals surface area contributed by atoms with E-state index in [0.717, 1.165) is 0 Å². The molecule has 0 saturated heterocycles. The van der Waals surface area contributed by atoms with Gasteiger partial charge in [-0.3, -0.25) is 28.8 Å². The molecule has 0 aliphatic heterocycles. The van der Waals surface area contributed by atoms with Crippen LogP contribution in [0, 0.1) is 11.8 Å². The molecule has 2 saturated carbocycles. The molecule has 0 amide bonds. The minimum absolute atomic E-state index is 0. The van der Waals surface area contributed by atoms with Crippen LogP contribution in [0.25, 0.3) is 0 Å². The number of benzene rings is 4. The van der Waals surface area contributed by atoms with Gasteiger partial charge in [0.2, 0.25) is 0 Å². The number of ketones is 4. The standard InChI is InChI=1S/C50H52N2O12.ClH/c51-27-19-15-25(16-20-27)49(61)63-37(33-23-35(53)39-41(47(33)59)45(57)31-11-7-5-9-29(31)43(39)55)13-3-1-2-4-14-38(64-50(62)26-17-21-28(52)22-18-26)34-24-36(54)40-42(48(34)60)46(58)32-12-8-6-10-30(32)44(40)56;/h5-12,23-28,37-38,53-54,59-60H,1-4,13-22,51-52H2;1H. The van der Waals surface area contributed by atoms with Crippen LogP contribution in [0.4, 0.5) is 0 Å². The summed E-state index contributed by atoms with van der Waals surface area (Å²) in [7, 11) is 0. The van der Waals surface area contributed by atoms with Crippen molar-refractivity contribution in [2.24, 2.45) is 23.3 Å². The fraction of sp³-hybridized carbons (Fsp3) is 0.400. The lowest BCUT2D eigenvalue weighted by Crippen LogP contribution is -2.31. The molecule has 65 heavy (non-hydrogen) atoms. The predicted molar refractivity (Wildman–Crippen MR) is 239 cm³/mol. The van der Waals surface area contributed by atoms with Crippen LogP contribution < -0.4 is 11.5 Å². The Labute approximate surface area is 381 Å². The molecule has 14 nitrogen and oxygen atoms in total. The normalized spacial score (nSPS) is 20.9. The van der Waals surface area contributed by atoms with Crippen molar-refractivity contribution in [1.29, 1.82) is 0 Å². The fourth-order valence-electron chi connectivity index (χ4n) is 9.80. The van der Waals surface area contributed by atoms with Crippen molar-refractivity contribution in [1.82, 2.24) is 0 Å². The second-order valence-electron chi connectivity index (χ2n) is 17.6. The van der Waals surface area contributed by atoms with Crippen molar-refractivity contribution in [3.05, 3.63) is 116 Å². The molecule has 8 rings (SSSR count). The summed E-state index contributed by atoms with van der Waals surface area (Å²) in [5, 5.41) is 45.7. The number of halogens is 1. The van der Waals surface area contributed by atoms with Crippen LogP contribution in [0.15, 0.2) is 60.7 Å². The van der Waals surface area contributed by atoms with E-state index in [1.54, 1.807) is 24.3 Å². The number of hydrogen-bond acceptors (Lipinski definition) is 14. The number of unbranched alkanes of at least 4 members (excludes halogenated alkanes) is 3. The number of hydrogen-bond donors (Lipinski definition) is 6. The second kappa shape index (κ2) is 19.6. The number of carbonyl (C=O) groups excluding carboxylic acids is 6. The van der Waals surface area contributed by atoms with E-state index >= 15 is 0 Å². The molecule has 15 heteroatoms. The number of carbonyl (C=O) groups is 6. The molecular weight excluding hydrogens is 856 g/mol. The number of aromatic hydroxyl groups is 4. The summed E-state index contributed by atoms with van der Waals surface area (Å²) in [4.78, 5) is 81.5. The van der Waals surface area contributed by atoms with Crippen LogP contribution in [0.1, 0.15) is 177 Å². The van der Waals surface area contributed by atoms with Crippen LogP contribution in [-0.2, 0) is 19.1 Å². The quantitative estimate of drug-likeness (QED) is 0.0369. The van der Waals surface area contributed by atoms with Crippen LogP contribution in [0.5, 0.6) is 23.0 Å². The Balaban J connectivity index is 0.00000630. The summed E-state index contributed by atoms with van der Waals surface area (Å²) >= 11 is 0. The van der Waals surface area contributed by atoms with E-state index < -0.39 is 82.1 Å². The Bertz CT molecular complexity index is 2380. The summed E-state index contributed by atoms with van der Waals surface area (Å²) in [5.41, 5.74) is 11.2. The van der Waals surface area contributed by atoms with Gasteiger partial charge in [-0.25, -0.2) is 0 Å². The third kappa shape index (κ3) is 9.12. The SMILES string of the molecule is Cl.NC1CCC(C(=O)OC(CCCCCCC(OC(=O)C2CCC(N)CC2)c2cc(O)c3c(c2O)C(=O)c2ccccc2C3=O)c2cc(O)c3c(c2O)C(=O)c2ccccc2C3=O)CC1. The van der Waals surface area contributed by atoms with Crippen molar-refractivity contribution in [2.75, 3.05) is 0 Å². The van der Waals surface area contributed by atoms with E-state index in [0.29, 0.717) is 77.0 Å². The number of ether oxygens (including phenoxy) is 2. The number of rotatable bonds is 13. The monoisotopic (exact) mass is 908 g/mol. The molecule has 0 bridgehead atoms. The molecule has 4 aromatic carbocycles. The van der Waals surface area contributed by atoms with Crippen molar-refractivity contribution in [2.45, 2.75) is 114 Å². The summed E-state index contributed by atoms with van der Waals surface area (Å²) < 4.78 is 12.1. The molecule has 4 aliphatic rings. The first-order valence-corrected chi connectivity index (χ1v) is 22.2. The highest BCUT2D eigenvalue weighted by Crippen LogP contribution is 2.46. The highest BCUT2D eigenvalue weighted by molar-refractivity contribution is 6.31. The van der Waals surface area contributed by atoms with Gasteiger partial charge >= 0.3 is 11.9 Å². The van der Waals surface area contributed by atoms with Gasteiger partial charge in [0.15, 0.2) is 23.1 Å². The zero-order valence-corrected chi connectivity index (χ0v) is 36.6. The average molecular weight is 909 g/mol. The Morgan fingerprint density at radius 2 is 0.815 bits per heavy atom. The number of phenols is 4. The number of esters is 2. The second-order valence-corrected chi connectivity index (χ2v) is 17.6. The molecular formula is C50H53ClN2O12. The van der Waals surface area contributed by atoms with Gasteiger partial charge in [-0.15, -0.1) is 12.4 Å². The minimum atomic E-state index is -1.10. The first kappa shape index (κ1) is 46.9. The van der Waals surface area contributed by atoms with Gasteiger partial charge in [0.1, 0.15) is 35.2 Å². The number of nitrogens with two attached hydrogens (primary N) is 2. The number of fused-ring (bicyclic) bond motifs is 4. The highest BCUT2D eigenvalue weighted by atomic mass is 35.5. The topological polar surface area (TPSA) is 254 Å². The van der Waals surface area contributed by atoms with E-state index in [9.17, 15) is 49.2 Å². The molecule has 2 unspecified atom stereocenters. The molecule has 8 N–H and O–H groups in total. The lowest BCUT2D eigenvalue weighted by atomic mass is 9.81. The van der Waals surface area contributed by atoms with E-state index in [4.69, 9.17) is 20.9 Å². The van der Waals surface area contributed by atoms with E-state index in [-0.39, 0.29) is 93.0 Å². The van der Waals surface area contributed by atoms with Gasteiger partial charge < -0.3 is 41.4 Å². The molecule has 2 fully saturated rings. The molecule has 0 heterocycles. The lowest BCUT2D eigenvalue weighted by molar-refractivity contribution is -0.157. The summed E-state index contributed by atoms with van der Waals surface area (Å²) in [6, 6.07) is 14.6. The maximum atomic E-state index is 13.7. The smallest absolute Gasteiger partial charge is 0.309 e. The Hall–Kier alpha value is -6.09. The van der Waals surface area contributed by atoms with Crippen molar-refractivity contribution >= 4 is 47.5 Å². The lowest BCUT2D eigenvalue weighted by Gasteiger charge is -2.28. The molecule has 0 aromatic heterocycles. The first-order chi connectivity index (χ1) is 30.7. The predicted octanol–water partition coefficient (Wildman–Crippen LogP) is 7.73. The van der Waals surface area contributed by atoms with Crippen LogP contribution in [-0.4, -0.2) is 67.6 Å². The summed E-state index contributed by atoms with van der Waals surface area (Å²) in [6.07, 6.45) is 4.69. The fourth-order valence-corrected chi connectivity index (χ4v) is 9.80. The van der Waals surface area contributed by atoms with Gasteiger partial charge in [-0.1, -0.05) is 61.4 Å². The maximum absolute atomic E-state index is 13.7. The third-order valence-corrected chi connectivity index (χ3v) is 13.5. The van der Waals surface area contributed by atoms with Crippen LogP contribution in [0.2, 0.25) is 0 Å². The largest absolute Gasteiger partial charge is 0.507 e. The minimum Gasteiger partial charge on any atom is -0.507 e. The Kier molecular flexibility index (Phi) is 14.1. The average Bonchev–Trinajstić information content (AvgIpc) is 3.29. The van der Waals surface area contributed by atoms with Crippen molar-refractivity contribution in [3.63, 3.8) is 0 Å². The van der Waals surface area contributed by atoms with Gasteiger partial charge in [0.25, 0.3) is 0 Å². The van der Waals surface area contributed by atoms with Crippen LogP contribution in [0.3, 0.4) is 0 Å². The molecule has 0 spiro atoms. The Morgan fingerprint density at radius 1 is 0.508 bits per heavy atom. The molecule has 2 atom stereocenters. The Morgan fingerprint density at radius 3 is 1.14 bits per heavy atom. The first-order valence-electron chi connectivity index (χ1n) is 22.2. The number of phenolic OH excluding ortho intramolecular Hbond substituents is 4. The van der Waals surface area contributed by atoms with E-state index in [2.05, 4.69) is 0 Å². The van der Waals surface area contributed by atoms with Gasteiger partial charge in [-0.2, -0.15) is 0 Å². The van der Waals surface area contributed by atoms with Crippen molar-refractivity contribution < 1.29 is 58.7 Å². The zero-order chi connectivity index (χ0) is 45.4. The van der Waals surface area contributed by atoms with E-state index in [1.807, 2.05) is 0 Å². The van der Waals surface area contributed by atoms with Gasteiger partial charge in [0, 0.05) is 45.5 Å². The van der Waals surface area contributed by atoms with E-state index in [1.165, 1.54) is 36.4 Å². The highest BCUT2D eigenvalue weighted by Gasteiger charge is 2.40. The molecule has 4 aliphatic carbocycles. The molecule has 342 valence electrons.